The maximum absolute atomic E-state index is 11.9. The van der Waals surface area contributed by atoms with Crippen LogP contribution in [0.15, 0.2) is 6.20 Å². The second-order valence-electron chi connectivity index (χ2n) is 6.12. The van der Waals surface area contributed by atoms with E-state index in [1.54, 1.807) is 7.05 Å². The van der Waals surface area contributed by atoms with Crippen LogP contribution < -0.4 is 5.32 Å². The molecule has 1 aliphatic carbocycles. The van der Waals surface area contributed by atoms with Crippen molar-refractivity contribution >= 4 is 5.91 Å². The van der Waals surface area contributed by atoms with Crippen LogP contribution in [-0.4, -0.2) is 22.5 Å². The molecule has 1 aliphatic rings. The lowest BCUT2D eigenvalue weighted by Gasteiger charge is -2.15. The lowest BCUT2D eigenvalue weighted by molar-refractivity contribution is 0.0946. The van der Waals surface area contributed by atoms with Gasteiger partial charge in [0.15, 0.2) is 5.82 Å². The third kappa shape index (κ3) is 2.42. The molecule has 1 amide bonds. The Morgan fingerprint density at radius 3 is 2.50 bits per heavy atom. The van der Waals surface area contributed by atoms with Crippen LogP contribution in [0.4, 0.5) is 0 Å². The molecule has 1 saturated carbocycles. The highest BCUT2D eigenvalue weighted by atomic mass is 16.2. The summed E-state index contributed by atoms with van der Waals surface area (Å²) < 4.78 is 2.09. The topological polar surface area (TPSA) is 46.9 Å². The maximum Gasteiger partial charge on any atom is 0.287 e. The van der Waals surface area contributed by atoms with Crippen molar-refractivity contribution in [2.24, 2.45) is 0 Å². The third-order valence-electron chi connectivity index (χ3n) is 3.65. The monoisotopic (exact) mass is 249 g/mol. The Balaban J connectivity index is 2.41. The van der Waals surface area contributed by atoms with Crippen LogP contribution in [-0.2, 0) is 5.41 Å². The van der Waals surface area contributed by atoms with Crippen molar-refractivity contribution in [1.82, 2.24) is 14.9 Å². The number of amides is 1. The van der Waals surface area contributed by atoms with E-state index < -0.39 is 0 Å². The summed E-state index contributed by atoms with van der Waals surface area (Å²) in [6.45, 7) is 6.38. The highest BCUT2D eigenvalue weighted by Crippen LogP contribution is 2.32. The fourth-order valence-corrected chi connectivity index (χ4v) is 2.50. The van der Waals surface area contributed by atoms with E-state index in [1.165, 1.54) is 12.8 Å². The Morgan fingerprint density at radius 1 is 1.39 bits per heavy atom. The number of nitrogens with one attached hydrogen (secondary N) is 1. The number of imidazole rings is 1. The van der Waals surface area contributed by atoms with Gasteiger partial charge in [-0.05, 0) is 12.8 Å². The molecule has 0 aromatic carbocycles. The Bertz CT molecular complexity index is 436. The zero-order valence-electron chi connectivity index (χ0n) is 11.8. The van der Waals surface area contributed by atoms with Gasteiger partial charge in [-0.3, -0.25) is 4.79 Å². The number of aromatic nitrogens is 2. The molecule has 0 spiro atoms. The van der Waals surface area contributed by atoms with Crippen LogP contribution >= 0.6 is 0 Å². The van der Waals surface area contributed by atoms with Crippen molar-refractivity contribution in [2.45, 2.75) is 57.9 Å². The third-order valence-corrected chi connectivity index (χ3v) is 3.65. The van der Waals surface area contributed by atoms with E-state index in [0.29, 0.717) is 11.9 Å². The van der Waals surface area contributed by atoms with Crippen molar-refractivity contribution in [2.75, 3.05) is 7.05 Å². The van der Waals surface area contributed by atoms with Crippen LogP contribution in [0.3, 0.4) is 0 Å². The second kappa shape index (κ2) is 4.75. The molecular formula is C14H23N3O. The van der Waals surface area contributed by atoms with Gasteiger partial charge in [-0.15, -0.1) is 0 Å². The van der Waals surface area contributed by atoms with E-state index in [0.717, 1.165) is 18.5 Å². The van der Waals surface area contributed by atoms with Gasteiger partial charge < -0.3 is 9.88 Å². The van der Waals surface area contributed by atoms with Crippen molar-refractivity contribution in [3.05, 3.63) is 17.7 Å². The van der Waals surface area contributed by atoms with Crippen LogP contribution in [0.1, 0.15) is 68.8 Å². The van der Waals surface area contributed by atoms with E-state index >= 15 is 0 Å². The molecular weight excluding hydrogens is 226 g/mol. The second-order valence-corrected chi connectivity index (χ2v) is 6.12. The summed E-state index contributed by atoms with van der Waals surface area (Å²) in [5, 5.41) is 2.69. The van der Waals surface area contributed by atoms with Crippen LogP contribution in [0.25, 0.3) is 0 Å². The molecule has 0 atom stereocenters. The van der Waals surface area contributed by atoms with E-state index in [-0.39, 0.29) is 11.3 Å². The number of hydrogen-bond acceptors (Lipinski definition) is 2. The highest BCUT2D eigenvalue weighted by molar-refractivity contribution is 5.90. The molecule has 4 nitrogen and oxygen atoms in total. The van der Waals surface area contributed by atoms with Crippen LogP contribution in [0.5, 0.6) is 0 Å². The molecule has 4 heteroatoms. The van der Waals surface area contributed by atoms with Gasteiger partial charge in [0.25, 0.3) is 5.91 Å². The van der Waals surface area contributed by atoms with Crippen molar-refractivity contribution in [1.29, 1.82) is 0 Å². The SMILES string of the molecule is CNC(=O)c1nc(C(C)(C)C)cn1C1CCCC1. The zero-order valence-corrected chi connectivity index (χ0v) is 11.8. The Morgan fingerprint density at radius 2 is 2.00 bits per heavy atom. The summed E-state index contributed by atoms with van der Waals surface area (Å²) in [5.41, 5.74) is 0.972. The first kappa shape index (κ1) is 13.1. The van der Waals surface area contributed by atoms with Crippen molar-refractivity contribution < 1.29 is 4.79 Å². The van der Waals surface area contributed by atoms with Gasteiger partial charge in [0, 0.05) is 24.7 Å². The average Bonchev–Trinajstić information content (AvgIpc) is 2.94. The minimum absolute atomic E-state index is 0.0212. The molecule has 100 valence electrons. The van der Waals surface area contributed by atoms with E-state index in [1.807, 2.05) is 0 Å². The highest BCUT2D eigenvalue weighted by Gasteiger charge is 2.27. The Hall–Kier alpha value is -1.32. The smallest absolute Gasteiger partial charge is 0.287 e. The summed E-state index contributed by atoms with van der Waals surface area (Å²) in [5.74, 6) is 0.478. The van der Waals surface area contributed by atoms with Gasteiger partial charge in [-0.2, -0.15) is 0 Å². The molecule has 0 bridgehead atoms. The van der Waals surface area contributed by atoms with E-state index in [4.69, 9.17) is 0 Å². The lowest BCUT2D eigenvalue weighted by Crippen LogP contribution is -2.24. The Labute approximate surface area is 109 Å². The van der Waals surface area contributed by atoms with Gasteiger partial charge in [0.2, 0.25) is 0 Å². The quantitative estimate of drug-likeness (QED) is 0.876. The van der Waals surface area contributed by atoms with Crippen molar-refractivity contribution in [3.8, 4) is 0 Å². The van der Waals surface area contributed by atoms with Gasteiger partial charge in [0.05, 0.1) is 5.69 Å². The molecule has 18 heavy (non-hydrogen) atoms. The largest absolute Gasteiger partial charge is 0.352 e. The number of carbonyl (C=O) groups excluding carboxylic acids is 1. The zero-order chi connectivity index (χ0) is 13.3. The molecule has 1 heterocycles. The molecule has 1 fully saturated rings. The first-order valence-electron chi connectivity index (χ1n) is 6.75. The number of nitrogens with zero attached hydrogens (tertiary/aromatic N) is 2. The summed E-state index contributed by atoms with van der Waals surface area (Å²) in [6, 6.07) is 0.445. The fraction of sp³-hybridized carbons (Fsp3) is 0.714. The molecule has 1 aromatic heterocycles. The lowest BCUT2D eigenvalue weighted by atomic mass is 9.93. The number of carbonyl (C=O) groups is 1. The standard InChI is InChI=1S/C14H23N3O/c1-14(2,3)11-9-17(10-7-5-6-8-10)12(16-11)13(18)15-4/h9-10H,5-8H2,1-4H3,(H,15,18). The number of hydrogen-bond donors (Lipinski definition) is 1. The summed E-state index contributed by atoms with van der Waals surface area (Å²) in [6.07, 6.45) is 6.89. The first-order chi connectivity index (χ1) is 8.43. The number of rotatable bonds is 2. The molecule has 1 aromatic rings. The van der Waals surface area contributed by atoms with Crippen LogP contribution in [0, 0.1) is 0 Å². The molecule has 1 N–H and O–H groups in total. The molecule has 0 aliphatic heterocycles. The predicted molar refractivity (Wildman–Crippen MR) is 71.8 cm³/mol. The van der Waals surface area contributed by atoms with Crippen LogP contribution in [0.2, 0.25) is 0 Å². The molecule has 0 radical (unpaired) electrons. The molecule has 2 rings (SSSR count). The normalized spacial score (nSPS) is 17.1. The minimum Gasteiger partial charge on any atom is -0.352 e. The first-order valence-corrected chi connectivity index (χ1v) is 6.75. The summed E-state index contributed by atoms with van der Waals surface area (Å²) in [4.78, 5) is 16.5. The van der Waals surface area contributed by atoms with Gasteiger partial charge in [-0.25, -0.2) is 4.98 Å². The predicted octanol–water partition coefficient (Wildman–Crippen LogP) is 2.66. The minimum atomic E-state index is -0.0857. The Kier molecular flexibility index (Phi) is 3.46. The van der Waals surface area contributed by atoms with Gasteiger partial charge in [-0.1, -0.05) is 33.6 Å². The average molecular weight is 249 g/mol. The van der Waals surface area contributed by atoms with E-state index in [2.05, 4.69) is 41.8 Å². The van der Waals surface area contributed by atoms with Crippen molar-refractivity contribution in [3.63, 3.8) is 0 Å². The maximum atomic E-state index is 11.9. The van der Waals surface area contributed by atoms with Gasteiger partial charge in [0.1, 0.15) is 0 Å². The molecule has 0 saturated heterocycles. The van der Waals surface area contributed by atoms with E-state index in [9.17, 15) is 4.79 Å². The molecule has 0 unspecified atom stereocenters. The van der Waals surface area contributed by atoms with Gasteiger partial charge >= 0.3 is 0 Å². The summed E-state index contributed by atoms with van der Waals surface area (Å²) in [7, 11) is 1.66. The fourth-order valence-electron chi connectivity index (χ4n) is 2.50. The summed E-state index contributed by atoms with van der Waals surface area (Å²) >= 11 is 0.